The number of ketones is 1. The van der Waals surface area contributed by atoms with E-state index in [0.29, 0.717) is 10.2 Å². The zero-order valence-corrected chi connectivity index (χ0v) is 16.9. The van der Waals surface area contributed by atoms with Crippen molar-refractivity contribution in [3.8, 4) is 0 Å². The van der Waals surface area contributed by atoms with E-state index in [1.165, 1.54) is 23.1 Å². The summed E-state index contributed by atoms with van der Waals surface area (Å²) in [5.41, 5.74) is 4.38. The molecule has 0 spiro atoms. The fraction of sp³-hybridized carbons (Fsp3) is 0.188. The van der Waals surface area contributed by atoms with Crippen LogP contribution in [0.4, 0.5) is 0 Å². The molecule has 1 N–H and O–H groups in total. The first-order valence-electron chi connectivity index (χ1n) is 7.43. The molecule has 0 saturated heterocycles. The van der Waals surface area contributed by atoms with E-state index in [4.69, 9.17) is 11.6 Å². The SMILES string of the molecule is Cc1nnc2n1N[C@H](c1ccc(Cl)cc1)[C@H](C(=O)c1ccc(Br)s1)S2. The number of hydrogen-bond acceptors (Lipinski definition) is 6. The largest absolute Gasteiger partial charge is 0.313 e. The summed E-state index contributed by atoms with van der Waals surface area (Å²) in [5, 5.41) is 9.28. The number of hydrogen-bond donors (Lipinski definition) is 1. The summed E-state index contributed by atoms with van der Waals surface area (Å²) >= 11 is 12.3. The van der Waals surface area contributed by atoms with Gasteiger partial charge in [-0.1, -0.05) is 35.5 Å². The summed E-state index contributed by atoms with van der Waals surface area (Å²) in [7, 11) is 0. The first kappa shape index (κ1) is 17.1. The predicted molar refractivity (Wildman–Crippen MR) is 104 cm³/mol. The summed E-state index contributed by atoms with van der Waals surface area (Å²) < 4.78 is 2.77. The van der Waals surface area contributed by atoms with Gasteiger partial charge in [-0.05, 0) is 52.7 Å². The molecule has 2 aromatic heterocycles. The number of benzene rings is 1. The lowest BCUT2D eigenvalue weighted by atomic mass is 10.0. The summed E-state index contributed by atoms with van der Waals surface area (Å²) in [4.78, 5) is 13.8. The number of halogens is 2. The lowest BCUT2D eigenvalue weighted by Crippen LogP contribution is -2.38. The smallest absolute Gasteiger partial charge is 0.210 e. The lowest BCUT2D eigenvalue weighted by molar-refractivity contribution is 0.0984. The molecular formula is C16H12BrClN4OS2. The number of Topliss-reactive ketones (excluding diaryl/α,β-unsaturated/α-hetero) is 1. The van der Waals surface area contributed by atoms with E-state index in [-0.39, 0.29) is 17.1 Å². The maximum atomic E-state index is 13.1. The molecule has 3 aromatic rings. The van der Waals surface area contributed by atoms with Gasteiger partial charge in [0.2, 0.25) is 5.16 Å². The Labute approximate surface area is 165 Å². The summed E-state index contributed by atoms with van der Waals surface area (Å²) in [6.45, 7) is 1.88. The molecule has 0 unspecified atom stereocenters. The van der Waals surface area contributed by atoms with Crippen LogP contribution in [0.2, 0.25) is 5.02 Å². The van der Waals surface area contributed by atoms with Gasteiger partial charge in [0.25, 0.3) is 0 Å². The second-order valence-corrected chi connectivity index (χ2v) is 9.54. The molecule has 0 amide bonds. The van der Waals surface area contributed by atoms with Crippen molar-refractivity contribution in [1.82, 2.24) is 14.9 Å². The van der Waals surface area contributed by atoms with Gasteiger partial charge in [0.15, 0.2) is 5.78 Å². The fourth-order valence-corrected chi connectivity index (χ4v) is 5.43. The van der Waals surface area contributed by atoms with E-state index in [2.05, 4.69) is 31.6 Å². The van der Waals surface area contributed by atoms with Crippen LogP contribution >= 0.6 is 50.6 Å². The molecule has 4 rings (SSSR count). The van der Waals surface area contributed by atoms with Crippen LogP contribution in [0.5, 0.6) is 0 Å². The molecule has 3 heterocycles. The van der Waals surface area contributed by atoms with E-state index in [9.17, 15) is 4.79 Å². The number of rotatable bonds is 3. The monoisotopic (exact) mass is 454 g/mol. The number of thioether (sulfide) groups is 1. The van der Waals surface area contributed by atoms with Crippen LogP contribution in [0.25, 0.3) is 0 Å². The molecule has 128 valence electrons. The van der Waals surface area contributed by atoms with Gasteiger partial charge < -0.3 is 5.43 Å². The topological polar surface area (TPSA) is 59.8 Å². The molecule has 5 nitrogen and oxygen atoms in total. The Kier molecular flexibility index (Phi) is 4.61. The highest BCUT2D eigenvalue weighted by Crippen LogP contribution is 2.40. The average molecular weight is 456 g/mol. The van der Waals surface area contributed by atoms with Gasteiger partial charge in [0.1, 0.15) is 11.1 Å². The second-order valence-electron chi connectivity index (χ2n) is 5.53. The number of thiophene rings is 1. The van der Waals surface area contributed by atoms with Crippen molar-refractivity contribution < 1.29 is 4.79 Å². The van der Waals surface area contributed by atoms with Crippen molar-refractivity contribution in [1.29, 1.82) is 0 Å². The van der Waals surface area contributed by atoms with Crippen molar-refractivity contribution in [2.24, 2.45) is 0 Å². The predicted octanol–water partition coefficient (Wildman–Crippen LogP) is 4.71. The maximum absolute atomic E-state index is 13.1. The van der Waals surface area contributed by atoms with Gasteiger partial charge in [-0.25, -0.2) is 4.68 Å². The molecule has 0 fully saturated rings. The quantitative estimate of drug-likeness (QED) is 0.580. The molecule has 0 aliphatic carbocycles. The molecular weight excluding hydrogens is 444 g/mol. The molecule has 9 heteroatoms. The Hall–Kier alpha value is -1.35. The zero-order chi connectivity index (χ0) is 17.6. The molecule has 1 aliphatic heterocycles. The van der Waals surface area contributed by atoms with E-state index in [0.717, 1.165) is 20.1 Å². The normalized spacial score (nSPS) is 19.3. The molecule has 1 aliphatic rings. The number of fused-ring (bicyclic) bond motifs is 1. The molecule has 0 saturated carbocycles. The van der Waals surface area contributed by atoms with E-state index in [1.807, 2.05) is 48.0 Å². The van der Waals surface area contributed by atoms with E-state index < -0.39 is 0 Å². The zero-order valence-electron chi connectivity index (χ0n) is 12.9. The third-order valence-electron chi connectivity index (χ3n) is 3.90. The van der Waals surface area contributed by atoms with Gasteiger partial charge in [-0.2, -0.15) is 0 Å². The standard InChI is InChI=1S/C16H12BrClN4OS2/c1-8-19-20-16-22(8)21-13(9-2-4-10(18)5-3-9)15(25-16)14(23)11-6-7-12(17)24-11/h2-7,13,15,21H,1H3/t13-,15-/m1/s1. The first-order valence-corrected chi connectivity index (χ1v) is 10.3. The Morgan fingerprint density at radius 3 is 2.68 bits per heavy atom. The average Bonchev–Trinajstić information content (AvgIpc) is 3.20. The van der Waals surface area contributed by atoms with Crippen LogP contribution in [0.3, 0.4) is 0 Å². The Morgan fingerprint density at radius 1 is 1.24 bits per heavy atom. The Bertz CT molecular complexity index is 940. The van der Waals surface area contributed by atoms with Gasteiger partial charge in [-0.3, -0.25) is 4.79 Å². The molecule has 1 aromatic carbocycles. The highest BCUT2D eigenvalue weighted by Gasteiger charge is 2.38. The molecule has 2 atom stereocenters. The summed E-state index contributed by atoms with van der Waals surface area (Å²) in [5.74, 6) is 0.825. The lowest BCUT2D eigenvalue weighted by Gasteiger charge is -2.32. The maximum Gasteiger partial charge on any atom is 0.210 e. The van der Waals surface area contributed by atoms with Gasteiger partial charge in [-0.15, -0.1) is 21.5 Å². The van der Waals surface area contributed by atoms with Gasteiger partial charge in [0.05, 0.1) is 14.7 Å². The van der Waals surface area contributed by atoms with Crippen LogP contribution in [-0.2, 0) is 0 Å². The van der Waals surface area contributed by atoms with Crippen LogP contribution in [0, 0.1) is 6.92 Å². The number of carbonyl (C=O) groups excluding carboxylic acids is 1. The van der Waals surface area contributed by atoms with Crippen molar-refractivity contribution in [2.45, 2.75) is 23.4 Å². The van der Waals surface area contributed by atoms with Crippen molar-refractivity contribution >= 4 is 56.4 Å². The number of aromatic nitrogens is 3. The van der Waals surface area contributed by atoms with Crippen LogP contribution < -0.4 is 5.43 Å². The van der Waals surface area contributed by atoms with E-state index in [1.54, 1.807) is 0 Å². The molecule has 0 radical (unpaired) electrons. The van der Waals surface area contributed by atoms with Gasteiger partial charge >= 0.3 is 0 Å². The van der Waals surface area contributed by atoms with Crippen LogP contribution in [-0.4, -0.2) is 25.9 Å². The minimum absolute atomic E-state index is 0.0695. The number of nitrogens with one attached hydrogen (secondary N) is 1. The second kappa shape index (κ2) is 6.75. The van der Waals surface area contributed by atoms with Crippen LogP contribution in [0.1, 0.15) is 27.1 Å². The van der Waals surface area contributed by atoms with Gasteiger partial charge in [0, 0.05) is 5.02 Å². The highest BCUT2D eigenvalue weighted by molar-refractivity contribution is 9.11. The van der Waals surface area contributed by atoms with Crippen molar-refractivity contribution in [3.05, 3.63) is 61.5 Å². The summed E-state index contributed by atoms with van der Waals surface area (Å²) in [6, 6.07) is 11.1. The van der Waals surface area contributed by atoms with Crippen LogP contribution in [0.15, 0.2) is 45.3 Å². The fourth-order valence-electron chi connectivity index (χ4n) is 2.67. The minimum atomic E-state index is -0.345. The molecule has 0 bridgehead atoms. The molecule has 25 heavy (non-hydrogen) atoms. The third kappa shape index (κ3) is 3.23. The van der Waals surface area contributed by atoms with Crippen molar-refractivity contribution in [3.63, 3.8) is 0 Å². The Morgan fingerprint density at radius 2 is 2.00 bits per heavy atom. The number of aryl methyl sites for hydroxylation is 1. The van der Waals surface area contributed by atoms with E-state index >= 15 is 0 Å². The van der Waals surface area contributed by atoms with Crippen molar-refractivity contribution in [2.75, 3.05) is 5.43 Å². The number of carbonyl (C=O) groups is 1. The third-order valence-corrected chi connectivity index (χ3v) is 7.01. The minimum Gasteiger partial charge on any atom is -0.313 e. The highest BCUT2D eigenvalue weighted by atomic mass is 79.9. The first-order chi connectivity index (χ1) is 12.0. The Balaban J connectivity index is 1.75. The summed E-state index contributed by atoms with van der Waals surface area (Å²) in [6.07, 6.45) is 0. The number of nitrogens with zero attached hydrogens (tertiary/aromatic N) is 3.